The van der Waals surface area contributed by atoms with Crippen LogP contribution in [0.2, 0.25) is 0 Å². The minimum Gasteiger partial charge on any atom is -0.313 e. The lowest BCUT2D eigenvalue weighted by atomic mass is 10.4. The van der Waals surface area contributed by atoms with Gasteiger partial charge < -0.3 is 5.01 Å². The van der Waals surface area contributed by atoms with Crippen molar-refractivity contribution in [2.45, 2.75) is 13.8 Å². The molecule has 0 aliphatic rings. The van der Waals surface area contributed by atoms with Crippen molar-refractivity contribution in [1.82, 2.24) is 5.01 Å². The molecule has 0 amide bonds. The van der Waals surface area contributed by atoms with E-state index in [1.165, 1.54) is 5.01 Å². The standard InChI is InChI=1S/C6H13FN2/c1-3-6(2)9(8)5-4-7/h3H,4-5,8H2,1-2H3/b6-3-. The van der Waals surface area contributed by atoms with Crippen LogP contribution >= 0.6 is 0 Å². The Morgan fingerprint density at radius 3 is 2.67 bits per heavy atom. The molecule has 0 unspecified atom stereocenters. The number of hydrogen-bond donors (Lipinski definition) is 1. The molecule has 0 heterocycles. The van der Waals surface area contributed by atoms with Gasteiger partial charge in [-0.2, -0.15) is 0 Å². The van der Waals surface area contributed by atoms with Gasteiger partial charge in [0.2, 0.25) is 0 Å². The summed E-state index contributed by atoms with van der Waals surface area (Å²) in [6.45, 7) is 3.58. The summed E-state index contributed by atoms with van der Waals surface area (Å²) in [6.07, 6.45) is 1.84. The first-order valence-corrected chi connectivity index (χ1v) is 2.93. The number of allylic oxidation sites excluding steroid dienone is 2. The predicted molar refractivity (Wildman–Crippen MR) is 36.3 cm³/mol. The molecule has 0 saturated heterocycles. The molecule has 0 aliphatic carbocycles. The first-order chi connectivity index (χ1) is 4.22. The summed E-state index contributed by atoms with van der Waals surface area (Å²) in [7, 11) is 0. The zero-order valence-electron chi connectivity index (χ0n) is 5.89. The zero-order chi connectivity index (χ0) is 7.28. The largest absolute Gasteiger partial charge is 0.313 e. The highest BCUT2D eigenvalue weighted by Crippen LogP contribution is 1.94. The molecule has 0 aliphatic heterocycles. The first-order valence-electron chi connectivity index (χ1n) is 2.93. The number of hydrogen-bond acceptors (Lipinski definition) is 2. The fourth-order valence-electron chi connectivity index (χ4n) is 0.433. The third kappa shape index (κ3) is 3.08. The maximum atomic E-state index is 11.6. The third-order valence-corrected chi connectivity index (χ3v) is 1.20. The summed E-state index contributed by atoms with van der Waals surface area (Å²) < 4.78 is 11.6. The van der Waals surface area contributed by atoms with Crippen LogP contribution in [0, 0.1) is 0 Å². The van der Waals surface area contributed by atoms with E-state index >= 15 is 0 Å². The maximum absolute atomic E-state index is 11.6. The number of halogens is 1. The number of nitrogens with zero attached hydrogens (tertiary/aromatic N) is 1. The fourth-order valence-corrected chi connectivity index (χ4v) is 0.433. The molecule has 54 valence electrons. The SMILES string of the molecule is C/C=C(/C)N(N)CCF. The van der Waals surface area contributed by atoms with Gasteiger partial charge in [0.25, 0.3) is 0 Å². The number of nitrogens with two attached hydrogens (primary N) is 1. The lowest BCUT2D eigenvalue weighted by Crippen LogP contribution is -2.30. The molecule has 2 N–H and O–H groups in total. The summed E-state index contributed by atoms with van der Waals surface area (Å²) in [5.41, 5.74) is 0.896. The van der Waals surface area contributed by atoms with Gasteiger partial charge in [-0.3, -0.25) is 0 Å². The molecule has 0 aromatic carbocycles. The summed E-state index contributed by atoms with van der Waals surface area (Å²) in [5.74, 6) is 5.36. The van der Waals surface area contributed by atoms with E-state index in [2.05, 4.69) is 0 Å². The van der Waals surface area contributed by atoms with Crippen LogP contribution in [0.3, 0.4) is 0 Å². The van der Waals surface area contributed by atoms with Crippen molar-refractivity contribution in [3.63, 3.8) is 0 Å². The minimum atomic E-state index is -0.401. The first kappa shape index (κ1) is 8.43. The van der Waals surface area contributed by atoms with Gasteiger partial charge in [0.15, 0.2) is 0 Å². The average molecular weight is 132 g/mol. The molecule has 0 radical (unpaired) electrons. The van der Waals surface area contributed by atoms with Crippen molar-refractivity contribution in [3.05, 3.63) is 11.8 Å². The van der Waals surface area contributed by atoms with Gasteiger partial charge in [0.1, 0.15) is 6.67 Å². The molecule has 0 fully saturated rings. The number of alkyl halides is 1. The van der Waals surface area contributed by atoms with Crippen LogP contribution in [0.5, 0.6) is 0 Å². The van der Waals surface area contributed by atoms with Crippen LogP contribution < -0.4 is 5.84 Å². The second kappa shape index (κ2) is 4.32. The van der Waals surface area contributed by atoms with E-state index in [1.807, 2.05) is 19.9 Å². The van der Waals surface area contributed by atoms with Crippen LogP contribution in [0.25, 0.3) is 0 Å². The smallest absolute Gasteiger partial charge is 0.108 e. The van der Waals surface area contributed by atoms with Crippen LogP contribution in [0.15, 0.2) is 11.8 Å². The Hall–Kier alpha value is -0.570. The van der Waals surface area contributed by atoms with Crippen LogP contribution in [0.4, 0.5) is 4.39 Å². The highest BCUT2D eigenvalue weighted by molar-refractivity contribution is 4.92. The molecule has 0 aromatic heterocycles. The maximum Gasteiger partial charge on any atom is 0.108 e. The highest BCUT2D eigenvalue weighted by Gasteiger charge is 1.94. The van der Waals surface area contributed by atoms with Gasteiger partial charge in [0, 0.05) is 5.70 Å². The van der Waals surface area contributed by atoms with Gasteiger partial charge in [-0.05, 0) is 13.8 Å². The zero-order valence-corrected chi connectivity index (χ0v) is 5.89. The topological polar surface area (TPSA) is 29.3 Å². The lowest BCUT2D eigenvalue weighted by Gasteiger charge is -2.16. The van der Waals surface area contributed by atoms with Gasteiger partial charge in [-0.25, -0.2) is 10.2 Å². The van der Waals surface area contributed by atoms with Crippen LogP contribution in [0.1, 0.15) is 13.8 Å². The Morgan fingerprint density at radius 1 is 1.78 bits per heavy atom. The van der Waals surface area contributed by atoms with Gasteiger partial charge >= 0.3 is 0 Å². The number of rotatable bonds is 3. The average Bonchev–Trinajstić information content (AvgIpc) is 1.87. The molecule has 2 nitrogen and oxygen atoms in total. The van der Waals surface area contributed by atoms with E-state index < -0.39 is 6.67 Å². The third-order valence-electron chi connectivity index (χ3n) is 1.20. The van der Waals surface area contributed by atoms with Gasteiger partial charge in [0.05, 0.1) is 6.54 Å². The highest BCUT2D eigenvalue weighted by atomic mass is 19.1. The Morgan fingerprint density at radius 2 is 2.33 bits per heavy atom. The summed E-state index contributed by atoms with van der Waals surface area (Å²) in [6, 6.07) is 0. The Labute approximate surface area is 55.1 Å². The monoisotopic (exact) mass is 132 g/mol. The minimum absolute atomic E-state index is 0.274. The summed E-state index contributed by atoms with van der Waals surface area (Å²) >= 11 is 0. The van der Waals surface area contributed by atoms with Crippen molar-refractivity contribution in [2.75, 3.05) is 13.2 Å². The van der Waals surface area contributed by atoms with E-state index in [1.54, 1.807) is 0 Å². The van der Waals surface area contributed by atoms with E-state index in [-0.39, 0.29) is 6.54 Å². The van der Waals surface area contributed by atoms with Crippen molar-refractivity contribution in [1.29, 1.82) is 0 Å². The second-order valence-corrected chi connectivity index (χ2v) is 1.81. The molecule has 0 spiro atoms. The summed E-state index contributed by atoms with van der Waals surface area (Å²) in [5, 5.41) is 1.39. The molecule has 0 rings (SSSR count). The molecule has 0 bridgehead atoms. The molecule has 9 heavy (non-hydrogen) atoms. The predicted octanol–water partition coefficient (Wildman–Crippen LogP) is 1.06. The quantitative estimate of drug-likeness (QED) is 0.459. The lowest BCUT2D eigenvalue weighted by molar-refractivity contribution is 0.312. The number of hydrazine groups is 1. The molecule has 0 aromatic rings. The Kier molecular flexibility index (Phi) is 4.05. The Bertz CT molecular complexity index is 101. The summed E-state index contributed by atoms with van der Waals surface area (Å²) in [4.78, 5) is 0. The fraction of sp³-hybridized carbons (Fsp3) is 0.667. The van der Waals surface area contributed by atoms with E-state index in [9.17, 15) is 4.39 Å². The van der Waals surface area contributed by atoms with Crippen molar-refractivity contribution in [3.8, 4) is 0 Å². The normalized spacial score (nSPS) is 11.8. The van der Waals surface area contributed by atoms with E-state index in [4.69, 9.17) is 5.84 Å². The molecule has 0 saturated carbocycles. The van der Waals surface area contributed by atoms with E-state index in [0.29, 0.717) is 0 Å². The molecule has 0 atom stereocenters. The molecule has 3 heteroatoms. The van der Waals surface area contributed by atoms with Crippen LogP contribution in [-0.4, -0.2) is 18.2 Å². The van der Waals surface area contributed by atoms with Gasteiger partial charge in [-0.1, -0.05) is 6.08 Å². The van der Waals surface area contributed by atoms with E-state index in [0.717, 1.165) is 5.70 Å². The molecular formula is C6H13FN2. The van der Waals surface area contributed by atoms with Crippen molar-refractivity contribution in [2.24, 2.45) is 5.84 Å². The Balaban J connectivity index is 3.59. The molecular weight excluding hydrogens is 119 g/mol. The van der Waals surface area contributed by atoms with Crippen molar-refractivity contribution < 1.29 is 4.39 Å². The van der Waals surface area contributed by atoms with Gasteiger partial charge in [-0.15, -0.1) is 0 Å². The van der Waals surface area contributed by atoms with Crippen molar-refractivity contribution >= 4 is 0 Å². The second-order valence-electron chi connectivity index (χ2n) is 1.81. The van der Waals surface area contributed by atoms with Crippen LogP contribution in [-0.2, 0) is 0 Å².